The quantitative estimate of drug-likeness (QED) is 0.785. The first kappa shape index (κ1) is 13.3. The van der Waals surface area contributed by atoms with Crippen LogP contribution in [-0.4, -0.2) is 20.7 Å². The molecular formula is C16H16N4O. The zero-order valence-electron chi connectivity index (χ0n) is 12.2. The zero-order valence-corrected chi connectivity index (χ0v) is 12.2. The van der Waals surface area contributed by atoms with E-state index >= 15 is 0 Å². The minimum Gasteiger partial charge on any atom is -0.317 e. The van der Waals surface area contributed by atoms with Crippen molar-refractivity contribution in [2.75, 3.05) is 5.32 Å². The van der Waals surface area contributed by atoms with Crippen LogP contribution in [0.15, 0.2) is 36.4 Å². The Labute approximate surface area is 122 Å². The second-order valence-corrected chi connectivity index (χ2v) is 5.01. The predicted molar refractivity (Wildman–Crippen MR) is 82.4 cm³/mol. The fraction of sp³-hybridized carbons (Fsp3) is 0.188. The van der Waals surface area contributed by atoms with Gasteiger partial charge >= 0.3 is 0 Å². The maximum atomic E-state index is 12.4. The van der Waals surface area contributed by atoms with E-state index in [1.807, 2.05) is 51.2 Å². The van der Waals surface area contributed by atoms with Crippen molar-refractivity contribution in [3.05, 3.63) is 53.5 Å². The Morgan fingerprint density at radius 1 is 1.14 bits per heavy atom. The molecule has 0 saturated carbocycles. The van der Waals surface area contributed by atoms with Crippen LogP contribution in [0.5, 0.6) is 0 Å². The summed E-state index contributed by atoms with van der Waals surface area (Å²) < 4.78 is 1.75. The number of aryl methyl sites for hydroxylation is 2. The van der Waals surface area contributed by atoms with Crippen LogP contribution in [0.3, 0.4) is 0 Å². The molecule has 21 heavy (non-hydrogen) atoms. The number of nitrogens with zero attached hydrogens (tertiary/aromatic N) is 3. The molecule has 5 nitrogen and oxygen atoms in total. The Hall–Kier alpha value is -2.69. The zero-order chi connectivity index (χ0) is 15.0. The molecular weight excluding hydrogens is 264 g/mol. The van der Waals surface area contributed by atoms with Gasteiger partial charge in [-0.15, -0.1) is 0 Å². The van der Waals surface area contributed by atoms with Gasteiger partial charge in [0.2, 0.25) is 0 Å². The monoisotopic (exact) mass is 280 g/mol. The van der Waals surface area contributed by atoms with Gasteiger partial charge in [0, 0.05) is 12.4 Å². The van der Waals surface area contributed by atoms with Gasteiger partial charge in [-0.25, -0.2) is 4.98 Å². The summed E-state index contributed by atoms with van der Waals surface area (Å²) in [5, 5.41) is 8.20. The molecule has 0 spiro atoms. The van der Waals surface area contributed by atoms with Gasteiger partial charge < -0.3 is 5.32 Å². The van der Waals surface area contributed by atoms with Crippen molar-refractivity contribution < 1.29 is 4.79 Å². The van der Waals surface area contributed by atoms with Crippen LogP contribution in [0.2, 0.25) is 0 Å². The Balaban J connectivity index is 1.93. The van der Waals surface area contributed by atoms with Crippen LogP contribution in [-0.2, 0) is 7.05 Å². The van der Waals surface area contributed by atoms with Crippen LogP contribution in [0.4, 0.5) is 5.69 Å². The highest BCUT2D eigenvalue weighted by Gasteiger charge is 2.14. The summed E-state index contributed by atoms with van der Waals surface area (Å²) >= 11 is 0. The minimum absolute atomic E-state index is 0.222. The molecule has 0 aliphatic rings. The smallest absolute Gasteiger partial charge is 0.274 e. The third kappa shape index (κ3) is 2.38. The molecule has 2 heterocycles. The lowest BCUT2D eigenvalue weighted by molar-refractivity contribution is 0.102. The SMILES string of the molecule is Cc1nn(C)c(C)c1NC(=O)c1ccc2ccccc2n1. The summed E-state index contributed by atoms with van der Waals surface area (Å²) in [5.74, 6) is -0.222. The van der Waals surface area contributed by atoms with Gasteiger partial charge in [-0.2, -0.15) is 5.10 Å². The lowest BCUT2D eigenvalue weighted by Gasteiger charge is -2.06. The third-order valence-electron chi connectivity index (χ3n) is 3.58. The number of anilines is 1. The number of nitrogens with one attached hydrogen (secondary N) is 1. The molecule has 0 saturated heterocycles. The van der Waals surface area contributed by atoms with Crippen molar-refractivity contribution in [3.8, 4) is 0 Å². The maximum Gasteiger partial charge on any atom is 0.274 e. The number of aromatic nitrogens is 3. The number of benzene rings is 1. The molecule has 1 aromatic carbocycles. The van der Waals surface area contributed by atoms with E-state index in [1.165, 1.54) is 0 Å². The van der Waals surface area contributed by atoms with Gasteiger partial charge in [-0.3, -0.25) is 9.48 Å². The lowest BCUT2D eigenvalue weighted by Crippen LogP contribution is -2.14. The standard InChI is InChI=1S/C16H16N4O/c1-10-15(11(2)20(3)19-10)18-16(21)14-9-8-12-6-4-5-7-13(12)17-14/h4-9H,1-3H3,(H,18,21). The topological polar surface area (TPSA) is 59.8 Å². The number of para-hydroxylation sites is 1. The lowest BCUT2D eigenvalue weighted by atomic mass is 10.2. The first-order chi connectivity index (χ1) is 10.1. The third-order valence-corrected chi connectivity index (χ3v) is 3.58. The molecule has 0 fully saturated rings. The number of carbonyl (C=O) groups excluding carboxylic acids is 1. The number of carbonyl (C=O) groups is 1. The van der Waals surface area contributed by atoms with E-state index in [0.717, 1.165) is 28.0 Å². The Bertz CT molecular complexity index is 835. The largest absolute Gasteiger partial charge is 0.317 e. The highest BCUT2D eigenvalue weighted by atomic mass is 16.1. The average Bonchev–Trinajstić information content (AvgIpc) is 2.73. The van der Waals surface area contributed by atoms with E-state index in [4.69, 9.17) is 0 Å². The van der Waals surface area contributed by atoms with Crippen molar-refractivity contribution in [1.82, 2.24) is 14.8 Å². The molecule has 106 valence electrons. The molecule has 0 atom stereocenters. The summed E-state index contributed by atoms with van der Waals surface area (Å²) in [4.78, 5) is 16.8. The van der Waals surface area contributed by atoms with Crippen LogP contribution >= 0.6 is 0 Å². The number of fused-ring (bicyclic) bond motifs is 1. The fourth-order valence-electron chi connectivity index (χ4n) is 2.32. The molecule has 1 N–H and O–H groups in total. The van der Waals surface area contributed by atoms with Gasteiger partial charge in [0.1, 0.15) is 5.69 Å². The highest BCUT2D eigenvalue weighted by molar-refractivity contribution is 6.04. The summed E-state index contributed by atoms with van der Waals surface area (Å²) in [6.45, 7) is 3.79. The van der Waals surface area contributed by atoms with Crippen molar-refractivity contribution in [1.29, 1.82) is 0 Å². The van der Waals surface area contributed by atoms with Gasteiger partial charge in [-0.1, -0.05) is 24.3 Å². The van der Waals surface area contributed by atoms with Crippen LogP contribution in [0, 0.1) is 13.8 Å². The second kappa shape index (κ2) is 5.01. The van der Waals surface area contributed by atoms with E-state index in [-0.39, 0.29) is 5.91 Å². The normalized spacial score (nSPS) is 10.8. The number of pyridine rings is 1. The van der Waals surface area contributed by atoms with Crippen molar-refractivity contribution >= 4 is 22.5 Å². The van der Waals surface area contributed by atoms with Crippen molar-refractivity contribution in [2.24, 2.45) is 7.05 Å². The molecule has 3 aromatic rings. The van der Waals surface area contributed by atoms with Crippen LogP contribution < -0.4 is 5.32 Å². The number of amides is 1. The Morgan fingerprint density at radius 3 is 2.62 bits per heavy atom. The molecule has 3 rings (SSSR count). The molecule has 0 aliphatic carbocycles. The van der Waals surface area contributed by atoms with E-state index in [0.29, 0.717) is 5.69 Å². The number of hydrogen-bond donors (Lipinski definition) is 1. The summed E-state index contributed by atoms with van der Waals surface area (Å²) in [5.41, 5.74) is 3.67. The Morgan fingerprint density at radius 2 is 1.90 bits per heavy atom. The van der Waals surface area contributed by atoms with Gasteiger partial charge in [0.05, 0.1) is 22.6 Å². The van der Waals surface area contributed by atoms with Crippen molar-refractivity contribution in [3.63, 3.8) is 0 Å². The number of hydrogen-bond acceptors (Lipinski definition) is 3. The molecule has 0 radical (unpaired) electrons. The molecule has 0 unspecified atom stereocenters. The highest BCUT2D eigenvalue weighted by Crippen LogP contribution is 2.19. The minimum atomic E-state index is -0.222. The van der Waals surface area contributed by atoms with E-state index in [1.54, 1.807) is 10.7 Å². The predicted octanol–water partition coefficient (Wildman–Crippen LogP) is 2.84. The molecule has 0 bridgehead atoms. The van der Waals surface area contributed by atoms with Crippen LogP contribution in [0.1, 0.15) is 21.9 Å². The van der Waals surface area contributed by atoms with Gasteiger partial charge in [0.15, 0.2) is 0 Å². The summed E-state index contributed by atoms with van der Waals surface area (Å²) in [6, 6.07) is 11.4. The van der Waals surface area contributed by atoms with Crippen LogP contribution in [0.25, 0.3) is 10.9 Å². The first-order valence-electron chi connectivity index (χ1n) is 6.73. The van der Waals surface area contributed by atoms with E-state index in [2.05, 4.69) is 15.4 Å². The maximum absolute atomic E-state index is 12.4. The molecule has 5 heteroatoms. The molecule has 2 aromatic heterocycles. The first-order valence-corrected chi connectivity index (χ1v) is 6.73. The molecule has 1 amide bonds. The van der Waals surface area contributed by atoms with Gasteiger partial charge in [-0.05, 0) is 26.0 Å². The van der Waals surface area contributed by atoms with Gasteiger partial charge in [0.25, 0.3) is 5.91 Å². The summed E-state index contributed by atoms with van der Waals surface area (Å²) in [7, 11) is 1.85. The summed E-state index contributed by atoms with van der Waals surface area (Å²) in [6.07, 6.45) is 0. The Kier molecular flexibility index (Phi) is 3.17. The average molecular weight is 280 g/mol. The van der Waals surface area contributed by atoms with Crippen molar-refractivity contribution in [2.45, 2.75) is 13.8 Å². The molecule has 0 aliphatic heterocycles. The van der Waals surface area contributed by atoms with E-state index < -0.39 is 0 Å². The van der Waals surface area contributed by atoms with E-state index in [9.17, 15) is 4.79 Å². The number of rotatable bonds is 2. The fourth-order valence-corrected chi connectivity index (χ4v) is 2.32. The second-order valence-electron chi connectivity index (χ2n) is 5.01.